The molecule has 1 atom stereocenters. The van der Waals surface area contributed by atoms with Gasteiger partial charge in [0.1, 0.15) is 5.75 Å². The lowest BCUT2D eigenvalue weighted by Crippen LogP contribution is -2.24. The number of methoxy groups -OCH3 is 1. The van der Waals surface area contributed by atoms with E-state index in [0.717, 1.165) is 36.6 Å². The van der Waals surface area contributed by atoms with Crippen LogP contribution in [-0.4, -0.2) is 26.2 Å². The van der Waals surface area contributed by atoms with Crippen molar-refractivity contribution in [3.63, 3.8) is 0 Å². The first kappa shape index (κ1) is 18.1. The lowest BCUT2D eigenvalue weighted by atomic mass is 10.2. The molecule has 0 aliphatic heterocycles. The molecule has 0 bridgehead atoms. The highest BCUT2D eigenvalue weighted by molar-refractivity contribution is 5.74. The Kier molecular flexibility index (Phi) is 8.15. The molecule has 0 saturated carbocycles. The molecule has 4 nitrogen and oxygen atoms in total. The highest BCUT2D eigenvalue weighted by atomic mass is 16.5. The molecule has 0 radical (unpaired) electrons. The molecular weight excluding hydrogens is 274 g/mol. The van der Waals surface area contributed by atoms with E-state index in [2.05, 4.69) is 31.1 Å². The molecule has 4 heteroatoms. The minimum Gasteiger partial charge on any atom is -0.497 e. The number of hydrogen-bond acceptors (Lipinski definition) is 4. The summed E-state index contributed by atoms with van der Waals surface area (Å²) in [4.78, 5) is 2.00. The van der Waals surface area contributed by atoms with Crippen molar-refractivity contribution in [2.45, 2.75) is 33.2 Å². The standard InChI is InChI=1S/C18H29N3O/c1-6-13-21(8-3)18-10-9-16(22-5)14-17(18)20-15(4)11-12-19-7-2/h6,8-10,13-15,19-20H,3,7,11-12H2,1-2,4-5H3/b13-6-. The molecule has 122 valence electrons. The smallest absolute Gasteiger partial charge is 0.121 e. The van der Waals surface area contributed by atoms with Crippen molar-refractivity contribution in [1.82, 2.24) is 5.32 Å². The summed E-state index contributed by atoms with van der Waals surface area (Å²) in [6, 6.07) is 6.39. The fourth-order valence-electron chi connectivity index (χ4n) is 2.22. The second-order valence-electron chi connectivity index (χ2n) is 5.14. The van der Waals surface area contributed by atoms with Gasteiger partial charge in [-0.15, -0.1) is 0 Å². The predicted molar refractivity (Wildman–Crippen MR) is 96.7 cm³/mol. The Labute approximate surface area is 134 Å². The zero-order chi connectivity index (χ0) is 16.4. The number of ether oxygens (including phenoxy) is 1. The van der Waals surface area contributed by atoms with Crippen LogP contribution in [0.4, 0.5) is 11.4 Å². The molecule has 0 aliphatic carbocycles. The van der Waals surface area contributed by atoms with Crippen LogP contribution in [0.1, 0.15) is 27.2 Å². The average molecular weight is 303 g/mol. The molecular formula is C18H29N3O. The first-order valence-corrected chi connectivity index (χ1v) is 7.85. The third-order valence-corrected chi connectivity index (χ3v) is 3.39. The van der Waals surface area contributed by atoms with Crippen LogP contribution in [0, 0.1) is 0 Å². The van der Waals surface area contributed by atoms with Gasteiger partial charge in [-0.25, -0.2) is 0 Å². The van der Waals surface area contributed by atoms with Gasteiger partial charge < -0.3 is 20.3 Å². The number of rotatable bonds is 10. The van der Waals surface area contributed by atoms with Gasteiger partial charge in [0.15, 0.2) is 0 Å². The fraction of sp³-hybridized carbons (Fsp3) is 0.444. The molecule has 1 rings (SSSR count). The first-order chi connectivity index (χ1) is 10.7. The SMILES string of the molecule is C=CN(/C=C\C)c1ccc(OC)cc1NC(C)CCNCC. The predicted octanol–water partition coefficient (Wildman–Crippen LogP) is 3.98. The molecule has 0 saturated heterocycles. The van der Waals surface area contributed by atoms with Gasteiger partial charge in [-0.2, -0.15) is 0 Å². The van der Waals surface area contributed by atoms with E-state index in [1.54, 1.807) is 13.3 Å². The summed E-state index contributed by atoms with van der Waals surface area (Å²) in [7, 11) is 1.69. The maximum Gasteiger partial charge on any atom is 0.121 e. The number of nitrogens with one attached hydrogen (secondary N) is 2. The second kappa shape index (κ2) is 9.90. The van der Waals surface area contributed by atoms with E-state index in [0.29, 0.717) is 6.04 Å². The van der Waals surface area contributed by atoms with Crippen molar-refractivity contribution < 1.29 is 4.74 Å². The summed E-state index contributed by atoms with van der Waals surface area (Å²) in [5, 5.41) is 6.93. The Hall–Kier alpha value is -1.94. The molecule has 0 amide bonds. The van der Waals surface area contributed by atoms with Crippen molar-refractivity contribution in [3.8, 4) is 5.75 Å². The minimum atomic E-state index is 0.363. The summed E-state index contributed by atoms with van der Waals surface area (Å²) < 4.78 is 5.35. The molecule has 22 heavy (non-hydrogen) atoms. The van der Waals surface area contributed by atoms with E-state index in [9.17, 15) is 0 Å². The maximum absolute atomic E-state index is 5.35. The van der Waals surface area contributed by atoms with Crippen LogP contribution in [-0.2, 0) is 0 Å². The number of hydrogen-bond donors (Lipinski definition) is 2. The topological polar surface area (TPSA) is 36.5 Å². The molecule has 0 heterocycles. The normalized spacial score (nSPS) is 12.2. The lowest BCUT2D eigenvalue weighted by molar-refractivity contribution is 0.415. The van der Waals surface area contributed by atoms with E-state index in [4.69, 9.17) is 4.74 Å². The van der Waals surface area contributed by atoms with Crippen LogP contribution in [0.2, 0.25) is 0 Å². The summed E-state index contributed by atoms with van der Waals surface area (Å²) in [6.45, 7) is 12.2. The van der Waals surface area contributed by atoms with Crippen LogP contribution in [0.25, 0.3) is 0 Å². The van der Waals surface area contributed by atoms with Crippen molar-refractivity contribution in [2.75, 3.05) is 30.4 Å². The van der Waals surface area contributed by atoms with Crippen molar-refractivity contribution in [3.05, 3.63) is 43.3 Å². The van der Waals surface area contributed by atoms with Gasteiger partial charge in [-0.1, -0.05) is 19.6 Å². The first-order valence-electron chi connectivity index (χ1n) is 7.85. The van der Waals surface area contributed by atoms with E-state index in [1.165, 1.54) is 0 Å². The summed E-state index contributed by atoms with van der Waals surface area (Å²) in [6.07, 6.45) is 6.84. The minimum absolute atomic E-state index is 0.363. The quantitative estimate of drug-likeness (QED) is 0.641. The van der Waals surface area contributed by atoms with E-state index < -0.39 is 0 Å². The molecule has 0 fully saturated rings. The molecule has 0 aliphatic rings. The molecule has 1 aromatic carbocycles. The van der Waals surface area contributed by atoms with Gasteiger partial charge in [-0.05, 0) is 45.5 Å². The monoisotopic (exact) mass is 303 g/mol. The van der Waals surface area contributed by atoms with Crippen molar-refractivity contribution >= 4 is 11.4 Å². The highest BCUT2D eigenvalue weighted by Gasteiger charge is 2.11. The van der Waals surface area contributed by atoms with Crippen LogP contribution in [0.5, 0.6) is 5.75 Å². The Bertz CT molecular complexity index is 485. The van der Waals surface area contributed by atoms with E-state index in [-0.39, 0.29) is 0 Å². The van der Waals surface area contributed by atoms with Crippen molar-refractivity contribution in [1.29, 1.82) is 0 Å². The van der Waals surface area contributed by atoms with Crippen molar-refractivity contribution in [2.24, 2.45) is 0 Å². The Morgan fingerprint density at radius 2 is 2.18 bits per heavy atom. The molecule has 0 spiro atoms. The Morgan fingerprint density at radius 3 is 2.77 bits per heavy atom. The summed E-state index contributed by atoms with van der Waals surface area (Å²) in [5.41, 5.74) is 2.10. The number of anilines is 2. The third-order valence-electron chi connectivity index (χ3n) is 3.39. The van der Waals surface area contributed by atoms with Gasteiger partial charge in [0.25, 0.3) is 0 Å². The van der Waals surface area contributed by atoms with Crippen LogP contribution < -0.4 is 20.3 Å². The van der Waals surface area contributed by atoms with E-state index in [1.807, 2.05) is 42.3 Å². The molecule has 1 unspecified atom stereocenters. The van der Waals surface area contributed by atoms with Crippen LogP contribution >= 0.6 is 0 Å². The highest BCUT2D eigenvalue weighted by Crippen LogP contribution is 2.31. The Morgan fingerprint density at radius 1 is 1.41 bits per heavy atom. The van der Waals surface area contributed by atoms with Gasteiger partial charge in [0.2, 0.25) is 0 Å². The molecule has 0 aromatic heterocycles. The maximum atomic E-state index is 5.35. The Balaban J connectivity index is 2.95. The summed E-state index contributed by atoms with van der Waals surface area (Å²) in [5.74, 6) is 0.842. The van der Waals surface area contributed by atoms with E-state index >= 15 is 0 Å². The zero-order valence-electron chi connectivity index (χ0n) is 14.2. The van der Waals surface area contributed by atoms with Crippen LogP contribution in [0.3, 0.4) is 0 Å². The number of allylic oxidation sites excluding steroid dienone is 1. The lowest BCUT2D eigenvalue weighted by Gasteiger charge is -2.23. The summed E-state index contributed by atoms with van der Waals surface area (Å²) >= 11 is 0. The second-order valence-corrected chi connectivity index (χ2v) is 5.14. The van der Waals surface area contributed by atoms with Gasteiger partial charge in [0, 0.05) is 24.5 Å². The third kappa shape index (κ3) is 5.45. The molecule has 1 aromatic rings. The van der Waals surface area contributed by atoms with Gasteiger partial charge in [0.05, 0.1) is 18.5 Å². The van der Waals surface area contributed by atoms with Gasteiger partial charge in [-0.3, -0.25) is 0 Å². The number of benzene rings is 1. The van der Waals surface area contributed by atoms with Crippen LogP contribution in [0.15, 0.2) is 43.3 Å². The zero-order valence-corrected chi connectivity index (χ0v) is 14.2. The molecule has 2 N–H and O–H groups in total. The largest absolute Gasteiger partial charge is 0.497 e. The van der Waals surface area contributed by atoms with Gasteiger partial charge >= 0.3 is 0 Å². The average Bonchev–Trinajstić information content (AvgIpc) is 2.53. The number of nitrogens with zero attached hydrogens (tertiary/aromatic N) is 1. The fourth-order valence-corrected chi connectivity index (χ4v) is 2.22.